The van der Waals surface area contributed by atoms with Gasteiger partial charge in [-0.15, -0.1) is 11.8 Å². The summed E-state index contributed by atoms with van der Waals surface area (Å²) >= 11 is 1.36. The van der Waals surface area contributed by atoms with E-state index < -0.39 is 11.7 Å². The highest BCUT2D eigenvalue weighted by Crippen LogP contribution is 2.32. The number of aryl methyl sites for hydroxylation is 1. The van der Waals surface area contributed by atoms with Gasteiger partial charge in [0.25, 0.3) is 0 Å². The minimum absolute atomic E-state index is 0.0202. The van der Waals surface area contributed by atoms with Gasteiger partial charge >= 0.3 is 6.18 Å². The minimum atomic E-state index is -4.39. The highest BCUT2D eigenvalue weighted by Gasteiger charge is 2.30. The molecule has 9 heteroatoms. The van der Waals surface area contributed by atoms with Crippen LogP contribution >= 0.6 is 11.8 Å². The van der Waals surface area contributed by atoms with Crippen LogP contribution in [0.25, 0.3) is 22.6 Å². The average Bonchev–Trinajstić information content (AvgIpc) is 3.11. The van der Waals surface area contributed by atoms with Crippen LogP contribution in [-0.2, 0) is 12.7 Å². The first-order valence-electron chi connectivity index (χ1n) is 9.25. The first-order valence-corrected chi connectivity index (χ1v) is 10.5. The van der Waals surface area contributed by atoms with Gasteiger partial charge in [-0.3, -0.25) is 0 Å². The number of alkyl halides is 3. The molecular formula is C22H16F3N5S. The van der Waals surface area contributed by atoms with E-state index in [9.17, 15) is 18.4 Å². The quantitative estimate of drug-likeness (QED) is 0.312. The Kier molecular flexibility index (Phi) is 5.41. The van der Waals surface area contributed by atoms with Crippen molar-refractivity contribution in [3.63, 3.8) is 0 Å². The minimum Gasteiger partial charge on any atom is -0.316 e. The monoisotopic (exact) mass is 439 g/mol. The normalized spacial score (nSPS) is 11.6. The van der Waals surface area contributed by atoms with Crippen molar-refractivity contribution in [2.45, 2.75) is 24.7 Å². The maximum absolute atomic E-state index is 12.9. The van der Waals surface area contributed by atoms with Gasteiger partial charge in [0.05, 0.1) is 5.56 Å². The van der Waals surface area contributed by atoms with Crippen molar-refractivity contribution in [2.24, 2.45) is 0 Å². The number of aromatic nitrogens is 4. The predicted octanol–water partition coefficient (Wildman–Crippen LogP) is 5.46. The Balaban J connectivity index is 1.91. The van der Waals surface area contributed by atoms with Gasteiger partial charge in [0.2, 0.25) is 5.82 Å². The van der Waals surface area contributed by atoms with Gasteiger partial charge in [-0.2, -0.15) is 23.4 Å². The van der Waals surface area contributed by atoms with Crippen molar-refractivity contribution in [2.75, 3.05) is 6.26 Å². The SMILES string of the molecule is CSc1nc(C#N)nc2nc(-c3cccc(C)c3)n(Cc3ccc(C(F)(F)F)cc3)c12. The highest BCUT2D eigenvalue weighted by molar-refractivity contribution is 7.98. The van der Waals surface area contributed by atoms with Crippen molar-refractivity contribution >= 4 is 22.9 Å². The van der Waals surface area contributed by atoms with Gasteiger partial charge in [0.15, 0.2) is 5.65 Å². The number of fused-ring (bicyclic) bond motifs is 1. The molecule has 0 fully saturated rings. The molecule has 0 atom stereocenters. The van der Waals surface area contributed by atoms with E-state index in [0.29, 0.717) is 27.6 Å². The summed E-state index contributed by atoms with van der Waals surface area (Å²) < 4.78 is 40.7. The number of halogens is 3. The second kappa shape index (κ2) is 8.04. The van der Waals surface area contributed by atoms with Gasteiger partial charge < -0.3 is 4.57 Å². The van der Waals surface area contributed by atoms with E-state index in [4.69, 9.17) is 0 Å². The summed E-state index contributed by atoms with van der Waals surface area (Å²) in [6.45, 7) is 2.24. The van der Waals surface area contributed by atoms with Gasteiger partial charge in [0, 0.05) is 12.1 Å². The number of nitriles is 1. The van der Waals surface area contributed by atoms with Crippen LogP contribution in [-0.4, -0.2) is 25.8 Å². The Bertz CT molecular complexity index is 1300. The Hall–Kier alpha value is -3.38. The van der Waals surface area contributed by atoms with Crippen LogP contribution < -0.4 is 0 Å². The molecule has 0 saturated heterocycles. The van der Waals surface area contributed by atoms with Crippen LogP contribution in [0.5, 0.6) is 0 Å². The number of imidazole rings is 1. The predicted molar refractivity (Wildman–Crippen MR) is 113 cm³/mol. The summed E-state index contributed by atoms with van der Waals surface area (Å²) in [6, 6.07) is 14.8. The fraction of sp³-hybridized carbons (Fsp3) is 0.182. The highest BCUT2D eigenvalue weighted by atomic mass is 32.2. The van der Waals surface area contributed by atoms with Crippen LogP contribution in [0.15, 0.2) is 53.6 Å². The molecule has 31 heavy (non-hydrogen) atoms. The Labute approximate surface area is 180 Å². The van der Waals surface area contributed by atoms with Crippen molar-refractivity contribution in [3.05, 3.63) is 71.0 Å². The molecular weight excluding hydrogens is 423 g/mol. The second-order valence-electron chi connectivity index (χ2n) is 6.93. The number of nitrogens with zero attached hydrogens (tertiary/aromatic N) is 5. The molecule has 0 amide bonds. The molecule has 0 aliphatic rings. The molecule has 0 bridgehead atoms. The topological polar surface area (TPSA) is 67.4 Å². The summed E-state index contributed by atoms with van der Waals surface area (Å²) in [5.74, 6) is 0.630. The Morgan fingerprint density at radius 3 is 2.42 bits per heavy atom. The molecule has 4 aromatic rings. The van der Waals surface area contributed by atoms with Crippen molar-refractivity contribution in [3.8, 4) is 17.5 Å². The van der Waals surface area contributed by atoms with Crippen LogP contribution in [0.1, 0.15) is 22.5 Å². The van der Waals surface area contributed by atoms with Gasteiger partial charge in [-0.05, 0) is 36.9 Å². The average molecular weight is 439 g/mol. The lowest BCUT2D eigenvalue weighted by atomic mass is 10.1. The van der Waals surface area contributed by atoms with E-state index in [1.54, 1.807) is 0 Å². The molecule has 0 saturated carbocycles. The van der Waals surface area contributed by atoms with Gasteiger partial charge in [-0.1, -0.05) is 35.9 Å². The fourth-order valence-electron chi connectivity index (χ4n) is 3.34. The van der Waals surface area contributed by atoms with Crippen molar-refractivity contribution in [1.29, 1.82) is 5.26 Å². The third-order valence-corrected chi connectivity index (χ3v) is 5.43. The third-order valence-electron chi connectivity index (χ3n) is 4.76. The maximum atomic E-state index is 12.9. The molecule has 2 aromatic heterocycles. The molecule has 5 nitrogen and oxygen atoms in total. The second-order valence-corrected chi connectivity index (χ2v) is 7.72. The fourth-order valence-corrected chi connectivity index (χ4v) is 3.91. The molecule has 4 rings (SSSR count). The molecule has 0 aliphatic heterocycles. The first kappa shape index (κ1) is 20.9. The largest absolute Gasteiger partial charge is 0.416 e. The van der Waals surface area contributed by atoms with E-state index in [1.807, 2.05) is 48.1 Å². The number of benzene rings is 2. The van der Waals surface area contributed by atoms with Crippen molar-refractivity contribution < 1.29 is 13.2 Å². The van der Waals surface area contributed by atoms with Crippen molar-refractivity contribution in [1.82, 2.24) is 19.5 Å². The van der Waals surface area contributed by atoms with Gasteiger partial charge in [0.1, 0.15) is 22.4 Å². The number of rotatable bonds is 4. The molecule has 156 valence electrons. The van der Waals surface area contributed by atoms with E-state index in [1.165, 1.54) is 23.9 Å². The molecule has 2 heterocycles. The number of hydrogen-bond acceptors (Lipinski definition) is 5. The smallest absolute Gasteiger partial charge is 0.316 e. The zero-order chi connectivity index (χ0) is 22.2. The number of hydrogen-bond donors (Lipinski definition) is 0. The van der Waals surface area contributed by atoms with E-state index in [-0.39, 0.29) is 12.4 Å². The lowest BCUT2D eigenvalue weighted by molar-refractivity contribution is -0.137. The standard InChI is InChI=1S/C22H16F3N5S/c1-13-4-3-5-15(10-13)20-29-19-18(21(31-2)28-17(11-26)27-19)30(20)12-14-6-8-16(9-7-14)22(23,24)25/h3-10H,12H2,1-2H3. The summed E-state index contributed by atoms with van der Waals surface area (Å²) in [5.41, 5.74) is 2.88. The zero-order valence-electron chi connectivity index (χ0n) is 16.6. The lowest BCUT2D eigenvalue weighted by Gasteiger charge is -2.12. The van der Waals surface area contributed by atoms with Crippen LogP contribution in [0.2, 0.25) is 0 Å². The zero-order valence-corrected chi connectivity index (χ0v) is 17.4. The lowest BCUT2D eigenvalue weighted by Crippen LogP contribution is -2.07. The van der Waals surface area contributed by atoms with E-state index in [2.05, 4.69) is 15.0 Å². The maximum Gasteiger partial charge on any atom is 0.416 e. The summed E-state index contributed by atoms with van der Waals surface area (Å²) in [6.07, 6.45) is -2.55. The van der Waals surface area contributed by atoms with Gasteiger partial charge in [-0.25, -0.2) is 9.97 Å². The molecule has 0 N–H and O–H groups in total. The molecule has 2 aromatic carbocycles. The molecule has 0 spiro atoms. The Morgan fingerprint density at radius 1 is 1.06 bits per heavy atom. The van der Waals surface area contributed by atoms with Crippen LogP contribution in [0.3, 0.4) is 0 Å². The molecule has 0 unspecified atom stereocenters. The first-order chi connectivity index (χ1) is 14.8. The Morgan fingerprint density at radius 2 is 1.81 bits per heavy atom. The third kappa shape index (κ3) is 4.11. The van der Waals surface area contributed by atoms with Crippen LogP contribution in [0, 0.1) is 18.3 Å². The van der Waals surface area contributed by atoms with E-state index in [0.717, 1.165) is 23.3 Å². The van der Waals surface area contributed by atoms with Crippen LogP contribution in [0.4, 0.5) is 13.2 Å². The van der Waals surface area contributed by atoms with E-state index >= 15 is 0 Å². The summed E-state index contributed by atoms with van der Waals surface area (Å²) in [5, 5.41) is 9.85. The molecule has 0 radical (unpaired) electrons. The molecule has 0 aliphatic carbocycles. The number of thioether (sulfide) groups is 1. The summed E-state index contributed by atoms with van der Waals surface area (Å²) in [7, 11) is 0. The summed E-state index contributed by atoms with van der Waals surface area (Å²) in [4.78, 5) is 13.2.